The minimum Gasteiger partial charge on any atom is -0.506 e. The monoisotopic (exact) mass is 315 g/mol. The van der Waals surface area contributed by atoms with Crippen LogP contribution in [0.1, 0.15) is 0 Å². The maximum Gasteiger partial charge on any atom is 0.143 e. The van der Waals surface area contributed by atoms with E-state index in [1.807, 2.05) is 42.5 Å². The lowest BCUT2D eigenvalue weighted by Crippen LogP contribution is -1.79. The average Bonchev–Trinajstić information content (AvgIpc) is 2.63. The SMILES string of the molecule is [N-]=[N+]=Nc1c(N=Nc2ccccc2O)cccc1-c1ccccc1. The average molecular weight is 315 g/mol. The van der Waals surface area contributed by atoms with Crippen LogP contribution in [0, 0.1) is 0 Å². The number of hydrogen-bond acceptors (Lipinski definition) is 4. The van der Waals surface area contributed by atoms with E-state index in [2.05, 4.69) is 20.3 Å². The highest BCUT2D eigenvalue weighted by molar-refractivity contribution is 5.83. The molecule has 3 rings (SSSR count). The molecule has 24 heavy (non-hydrogen) atoms. The topological polar surface area (TPSA) is 93.7 Å². The van der Waals surface area contributed by atoms with Crippen molar-refractivity contribution in [3.63, 3.8) is 0 Å². The maximum absolute atomic E-state index is 9.76. The minimum atomic E-state index is 0.0331. The molecule has 0 bridgehead atoms. The number of aromatic hydroxyl groups is 1. The fraction of sp³-hybridized carbons (Fsp3) is 0. The standard InChI is InChI=1S/C18H13N5O/c19-23-22-18-14(13-7-2-1-3-8-13)9-6-11-16(18)21-20-15-10-4-5-12-17(15)24/h1-12,24H. The molecular formula is C18H13N5O. The van der Waals surface area contributed by atoms with Gasteiger partial charge in [-0.2, -0.15) is 0 Å². The number of phenols is 1. The third-order valence-corrected chi connectivity index (χ3v) is 3.39. The zero-order valence-electron chi connectivity index (χ0n) is 12.6. The summed E-state index contributed by atoms with van der Waals surface area (Å²) in [5.74, 6) is 0.0331. The zero-order chi connectivity index (χ0) is 16.8. The third-order valence-electron chi connectivity index (χ3n) is 3.39. The van der Waals surface area contributed by atoms with Gasteiger partial charge in [0.1, 0.15) is 11.4 Å². The van der Waals surface area contributed by atoms with Crippen molar-refractivity contribution >= 4 is 17.1 Å². The molecule has 0 amide bonds. The summed E-state index contributed by atoms with van der Waals surface area (Å²) in [6.07, 6.45) is 0. The molecule has 0 atom stereocenters. The first-order chi connectivity index (χ1) is 11.8. The lowest BCUT2D eigenvalue weighted by molar-refractivity contribution is 0.476. The molecule has 0 aromatic heterocycles. The Morgan fingerprint density at radius 2 is 1.42 bits per heavy atom. The van der Waals surface area contributed by atoms with Crippen LogP contribution in [0.15, 0.2) is 88.1 Å². The number of nitrogens with zero attached hydrogens (tertiary/aromatic N) is 5. The Morgan fingerprint density at radius 1 is 0.750 bits per heavy atom. The Morgan fingerprint density at radius 3 is 2.17 bits per heavy atom. The van der Waals surface area contributed by atoms with E-state index in [4.69, 9.17) is 5.53 Å². The Bertz CT molecular complexity index is 931. The molecule has 0 saturated heterocycles. The van der Waals surface area contributed by atoms with Crippen LogP contribution < -0.4 is 0 Å². The second kappa shape index (κ2) is 7.09. The number of rotatable bonds is 4. The van der Waals surface area contributed by atoms with Gasteiger partial charge in [0.05, 0.1) is 11.4 Å². The van der Waals surface area contributed by atoms with Crippen molar-refractivity contribution in [3.05, 3.63) is 83.2 Å². The van der Waals surface area contributed by atoms with Gasteiger partial charge >= 0.3 is 0 Å². The first kappa shape index (κ1) is 15.3. The van der Waals surface area contributed by atoms with Crippen molar-refractivity contribution in [2.75, 3.05) is 0 Å². The lowest BCUT2D eigenvalue weighted by Gasteiger charge is -2.07. The van der Waals surface area contributed by atoms with E-state index in [9.17, 15) is 5.11 Å². The van der Waals surface area contributed by atoms with Crippen LogP contribution in [0.5, 0.6) is 5.75 Å². The van der Waals surface area contributed by atoms with Crippen LogP contribution in [0.4, 0.5) is 17.1 Å². The Hall–Kier alpha value is -3.63. The normalized spacial score (nSPS) is 10.5. The molecular weight excluding hydrogens is 302 g/mol. The van der Waals surface area contributed by atoms with Gasteiger partial charge in [-0.15, -0.1) is 10.2 Å². The highest BCUT2D eigenvalue weighted by atomic mass is 16.3. The van der Waals surface area contributed by atoms with Crippen molar-refractivity contribution < 1.29 is 5.11 Å². The van der Waals surface area contributed by atoms with Crippen LogP contribution >= 0.6 is 0 Å². The van der Waals surface area contributed by atoms with Crippen LogP contribution in [-0.4, -0.2) is 5.11 Å². The van der Waals surface area contributed by atoms with E-state index in [1.54, 1.807) is 24.3 Å². The highest BCUT2D eigenvalue weighted by Crippen LogP contribution is 2.39. The summed E-state index contributed by atoms with van der Waals surface area (Å²) in [6.45, 7) is 0. The lowest BCUT2D eigenvalue weighted by atomic mass is 10.0. The second-order valence-electron chi connectivity index (χ2n) is 4.92. The second-order valence-corrected chi connectivity index (χ2v) is 4.92. The molecule has 1 N–H and O–H groups in total. The van der Waals surface area contributed by atoms with Gasteiger partial charge in [0.25, 0.3) is 0 Å². The first-order valence-corrected chi connectivity index (χ1v) is 7.23. The summed E-state index contributed by atoms with van der Waals surface area (Å²) in [5, 5.41) is 21.7. The molecule has 116 valence electrons. The van der Waals surface area contributed by atoms with Gasteiger partial charge in [0, 0.05) is 4.91 Å². The molecule has 6 heteroatoms. The largest absolute Gasteiger partial charge is 0.506 e. The highest BCUT2D eigenvalue weighted by Gasteiger charge is 2.08. The molecule has 0 aliphatic heterocycles. The maximum atomic E-state index is 9.76. The van der Waals surface area contributed by atoms with Gasteiger partial charge in [0.2, 0.25) is 0 Å². The zero-order valence-corrected chi connectivity index (χ0v) is 12.6. The Balaban J connectivity index is 2.09. The fourth-order valence-electron chi connectivity index (χ4n) is 2.27. The number of azo groups is 1. The molecule has 0 fully saturated rings. The molecule has 3 aromatic carbocycles. The van der Waals surface area contributed by atoms with Crippen LogP contribution in [0.25, 0.3) is 21.6 Å². The van der Waals surface area contributed by atoms with Gasteiger partial charge in [-0.25, -0.2) is 0 Å². The van der Waals surface area contributed by atoms with Crippen LogP contribution in [0.2, 0.25) is 0 Å². The van der Waals surface area contributed by atoms with Gasteiger partial charge < -0.3 is 5.11 Å². The summed E-state index contributed by atoms with van der Waals surface area (Å²) in [5.41, 5.74) is 11.7. The summed E-state index contributed by atoms with van der Waals surface area (Å²) in [7, 11) is 0. The quantitative estimate of drug-likeness (QED) is 0.336. The third kappa shape index (κ3) is 3.24. The fourth-order valence-corrected chi connectivity index (χ4v) is 2.27. The van der Waals surface area contributed by atoms with Crippen LogP contribution in [-0.2, 0) is 0 Å². The smallest absolute Gasteiger partial charge is 0.143 e. The summed E-state index contributed by atoms with van der Waals surface area (Å²) in [4.78, 5) is 2.90. The minimum absolute atomic E-state index is 0.0331. The number of hydrogen-bond donors (Lipinski definition) is 1. The van der Waals surface area contributed by atoms with Gasteiger partial charge in [-0.3, -0.25) is 0 Å². The van der Waals surface area contributed by atoms with Gasteiger partial charge in [0.15, 0.2) is 0 Å². The first-order valence-electron chi connectivity index (χ1n) is 7.23. The van der Waals surface area contributed by atoms with E-state index in [0.29, 0.717) is 17.1 Å². The summed E-state index contributed by atoms with van der Waals surface area (Å²) >= 11 is 0. The Kier molecular flexibility index (Phi) is 4.51. The molecule has 0 heterocycles. The molecule has 6 nitrogen and oxygen atoms in total. The molecule has 0 saturated carbocycles. The summed E-state index contributed by atoms with van der Waals surface area (Å²) in [6, 6.07) is 21.6. The van der Waals surface area contributed by atoms with Crippen molar-refractivity contribution in [1.29, 1.82) is 0 Å². The molecule has 0 unspecified atom stereocenters. The van der Waals surface area contributed by atoms with Gasteiger partial charge in [-0.05, 0) is 34.9 Å². The van der Waals surface area contributed by atoms with Crippen molar-refractivity contribution in [2.24, 2.45) is 15.3 Å². The molecule has 0 aliphatic rings. The summed E-state index contributed by atoms with van der Waals surface area (Å²) < 4.78 is 0. The van der Waals surface area contributed by atoms with E-state index < -0.39 is 0 Å². The molecule has 0 aliphatic carbocycles. The number of para-hydroxylation sites is 1. The van der Waals surface area contributed by atoms with E-state index in [-0.39, 0.29) is 5.75 Å². The predicted octanol–water partition coefficient (Wildman–Crippen LogP) is 6.42. The van der Waals surface area contributed by atoms with E-state index in [0.717, 1.165) is 11.1 Å². The van der Waals surface area contributed by atoms with Crippen molar-refractivity contribution in [1.82, 2.24) is 0 Å². The van der Waals surface area contributed by atoms with Crippen LogP contribution in [0.3, 0.4) is 0 Å². The number of azide groups is 1. The number of phenolic OH excluding ortho intramolecular Hbond substituents is 1. The molecule has 0 radical (unpaired) electrons. The van der Waals surface area contributed by atoms with Crippen molar-refractivity contribution in [3.8, 4) is 16.9 Å². The van der Waals surface area contributed by atoms with Gasteiger partial charge in [-0.1, -0.05) is 59.7 Å². The Labute approximate surface area is 138 Å². The molecule has 0 spiro atoms. The van der Waals surface area contributed by atoms with E-state index in [1.165, 1.54) is 6.07 Å². The molecule has 3 aromatic rings. The number of benzene rings is 3. The van der Waals surface area contributed by atoms with Crippen molar-refractivity contribution in [2.45, 2.75) is 0 Å². The predicted molar refractivity (Wildman–Crippen MR) is 93.0 cm³/mol. The van der Waals surface area contributed by atoms with E-state index >= 15 is 0 Å².